The van der Waals surface area contributed by atoms with Crippen LogP contribution in [0.1, 0.15) is 11.3 Å². The van der Waals surface area contributed by atoms with E-state index >= 15 is 0 Å². The summed E-state index contributed by atoms with van der Waals surface area (Å²) in [7, 11) is 0. The predicted molar refractivity (Wildman–Crippen MR) is 96.1 cm³/mol. The summed E-state index contributed by atoms with van der Waals surface area (Å²) in [5.74, 6) is 0.640. The van der Waals surface area contributed by atoms with Gasteiger partial charge in [0.15, 0.2) is 0 Å². The summed E-state index contributed by atoms with van der Waals surface area (Å²) in [6.07, 6.45) is 1.70. The Bertz CT molecular complexity index is 968. The minimum Gasteiger partial charge on any atom is -0.487 e. The number of pyridine rings is 1. The van der Waals surface area contributed by atoms with Gasteiger partial charge in [-0.15, -0.1) is 0 Å². The molecule has 0 aliphatic heterocycles. The molecular weight excluding hydrogens is 332 g/mol. The number of benzene rings is 2. The molecule has 3 rings (SSSR count). The molecule has 0 bridgehead atoms. The lowest BCUT2D eigenvalue weighted by molar-refractivity contribution is -0.384. The van der Waals surface area contributed by atoms with Crippen LogP contribution in [0.2, 0.25) is 0 Å². The van der Waals surface area contributed by atoms with Crippen molar-refractivity contribution >= 4 is 17.1 Å². The third kappa shape index (κ3) is 4.13. The number of anilines is 2. The predicted octanol–water partition coefficient (Wildman–Crippen LogP) is 4.18. The largest absolute Gasteiger partial charge is 0.487 e. The molecule has 1 aromatic heterocycles. The minimum atomic E-state index is -0.531. The van der Waals surface area contributed by atoms with E-state index in [1.54, 1.807) is 12.3 Å². The van der Waals surface area contributed by atoms with E-state index in [9.17, 15) is 15.4 Å². The average Bonchev–Trinajstić information content (AvgIpc) is 2.67. The van der Waals surface area contributed by atoms with Gasteiger partial charge in [-0.3, -0.25) is 15.1 Å². The first-order valence-corrected chi connectivity index (χ1v) is 7.74. The standard InChI is InChI=1S/C19H14N4O3/c20-12-14-10-17(23(24)25)7-8-19(14)22-15-5-3-6-18(11-15)26-13-16-4-1-2-9-21-16/h1-11,22H,13H2. The summed E-state index contributed by atoms with van der Waals surface area (Å²) >= 11 is 0. The van der Waals surface area contributed by atoms with Gasteiger partial charge in [-0.2, -0.15) is 5.26 Å². The van der Waals surface area contributed by atoms with Crippen LogP contribution in [-0.2, 0) is 6.61 Å². The molecule has 0 amide bonds. The average molecular weight is 346 g/mol. The highest BCUT2D eigenvalue weighted by atomic mass is 16.6. The maximum atomic E-state index is 10.8. The molecule has 7 nitrogen and oxygen atoms in total. The molecule has 1 N–H and O–H groups in total. The second-order valence-corrected chi connectivity index (χ2v) is 5.36. The number of nitrogens with one attached hydrogen (secondary N) is 1. The number of ether oxygens (including phenoxy) is 1. The Kier molecular flexibility index (Phi) is 5.05. The summed E-state index contributed by atoms with van der Waals surface area (Å²) in [6.45, 7) is 0.339. The Hall–Kier alpha value is -3.92. The monoisotopic (exact) mass is 346 g/mol. The van der Waals surface area contributed by atoms with Crippen LogP contribution in [0.3, 0.4) is 0 Å². The number of nitrogens with zero attached hydrogens (tertiary/aromatic N) is 3. The van der Waals surface area contributed by atoms with E-state index < -0.39 is 4.92 Å². The van der Waals surface area contributed by atoms with Crippen LogP contribution in [0.4, 0.5) is 17.1 Å². The van der Waals surface area contributed by atoms with E-state index in [1.807, 2.05) is 42.5 Å². The summed E-state index contributed by atoms with van der Waals surface area (Å²) < 4.78 is 5.72. The topological polar surface area (TPSA) is 101 Å². The maximum absolute atomic E-state index is 10.8. The first kappa shape index (κ1) is 16.9. The zero-order chi connectivity index (χ0) is 18.4. The number of hydrogen-bond donors (Lipinski definition) is 1. The van der Waals surface area contributed by atoms with Crippen LogP contribution in [0.15, 0.2) is 66.9 Å². The summed E-state index contributed by atoms with van der Waals surface area (Å²) in [4.78, 5) is 14.5. The quantitative estimate of drug-likeness (QED) is 0.530. The molecule has 0 atom stereocenters. The molecule has 0 aliphatic carbocycles. The first-order chi connectivity index (χ1) is 12.7. The number of nitriles is 1. The van der Waals surface area contributed by atoms with Crippen LogP contribution in [-0.4, -0.2) is 9.91 Å². The molecular formula is C19H14N4O3. The second kappa shape index (κ2) is 7.77. The van der Waals surface area contributed by atoms with Crippen molar-refractivity contribution in [3.8, 4) is 11.8 Å². The van der Waals surface area contributed by atoms with E-state index in [1.165, 1.54) is 18.2 Å². The number of nitro benzene ring substituents is 1. The van der Waals surface area contributed by atoms with Crippen molar-refractivity contribution in [3.63, 3.8) is 0 Å². The number of hydrogen-bond acceptors (Lipinski definition) is 6. The third-order valence-electron chi connectivity index (χ3n) is 3.56. The molecule has 0 aliphatic rings. The van der Waals surface area contributed by atoms with Gasteiger partial charge in [0.05, 0.1) is 21.9 Å². The van der Waals surface area contributed by atoms with Crippen LogP contribution in [0.5, 0.6) is 5.75 Å². The SMILES string of the molecule is N#Cc1cc([N+](=O)[O-])ccc1Nc1cccc(OCc2ccccn2)c1. The summed E-state index contributed by atoms with van der Waals surface area (Å²) in [5.41, 5.74) is 2.07. The molecule has 0 radical (unpaired) electrons. The first-order valence-electron chi connectivity index (χ1n) is 7.74. The van der Waals surface area contributed by atoms with Gasteiger partial charge >= 0.3 is 0 Å². The molecule has 26 heavy (non-hydrogen) atoms. The molecule has 0 unspecified atom stereocenters. The number of aromatic nitrogens is 1. The summed E-state index contributed by atoms with van der Waals surface area (Å²) in [5, 5.41) is 23.1. The van der Waals surface area contributed by atoms with E-state index in [0.717, 1.165) is 5.69 Å². The van der Waals surface area contributed by atoms with Gasteiger partial charge in [-0.05, 0) is 30.3 Å². The molecule has 0 saturated carbocycles. The van der Waals surface area contributed by atoms with Gasteiger partial charge in [-0.25, -0.2) is 0 Å². The van der Waals surface area contributed by atoms with Crippen molar-refractivity contribution in [2.75, 3.05) is 5.32 Å². The van der Waals surface area contributed by atoms with Gasteiger partial charge in [0.1, 0.15) is 18.4 Å². The smallest absolute Gasteiger partial charge is 0.270 e. The van der Waals surface area contributed by atoms with Crippen LogP contribution < -0.4 is 10.1 Å². The van der Waals surface area contributed by atoms with Crippen molar-refractivity contribution in [2.45, 2.75) is 6.61 Å². The highest BCUT2D eigenvalue weighted by Gasteiger charge is 2.11. The van der Waals surface area contributed by atoms with E-state index in [-0.39, 0.29) is 11.3 Å². The van der Waals surface area contributed by atoms with Crippen molar-refractivity contribution in [1.29, 1.82) is 5.26 Å². The number of rotatable bonds is 6. The lowest BCUT2D eigenvalue weighted by Gasteiger charge is -2.11. The molecule has 7 heteroatoms. The van der Waals surface area contributed by atoms with E-state index in [2.05, 4.69) is 10.3 Å². The molecule has 0 saturated heterocycles. The van der Waals surface area contributed by atoms with Gasteiger partial charge in [0, 0.05) is 30.1 Å². The van der Waals surface area contributed by atoms with Crippen LogP contribution in [0.25, 0.3) is 0 Å². The van der Waals surface area contributed by atoms with E-state index in [4.69, 9.17) is 4.74 Å². The fourth-order valence-corrected chi connectivity index (χ4v) is 2.31. The van der Waals surface area contributed by atoms with Crippen molar-refractivity contribution in [1.82, 2.24) is 4.98 Å². The molecule has 0 spiro atoms. The highest BCUT2D eigenvalue weighted by molar-refractivity contribution is 5.69. The second-order valence-electron chi connectivity index (χ2n) is 5.36. The lowest BCUT2D eigenvalue weighted by Crippen LogP contribution is -1.99. The fraction of sp³-hybridized carbons (Fsp3) is 0.0526. The zero-order valence-corrected chi connectivity index (χ0v) is 13.6. The van der Waals surface area contributed by atoms with Crippen LogP contribution >= 0.6 is 0 Å². The molecule has 128 valence electrons. The minimum absolute atomic E-state index is 0.125. The number of nitro groups is 1. The van der Waals surface area contributed by atoms with Crippen molar-refractivity contribution in [3.05, 3.63) is 88.2 Å². The van der Waals surface area contributed by atoms with Crippen molar-refractivity contribution in [2.24, 2.45) is 0 Å². The summed E-state index contributed by atoms with van der Waals surface area (Å²) in [6, 6.07) is 18.9. The Morgan fingerprint density at radius 1 is 1.15 bits per heavy atom. The van der Waals surface area contributed by atoms with Gasteiger partial charge in [0.25, 0.3) is 5.69 Å². The molecule has 0 fully saturated rings. The highest BCUT2D eigenvalue weighted by Crippen LogP contribution is 2.26. The Morgan fingerprint density at radius 2 is 2.04 bits per heavy atom. The van der Waals surface area contributed by atoms with E-state index in [0.29, 0.717) is 23.7 Å². The molecule has 3 aromatic rings. The molecule has 2 aromatic carbocycles. The lowest BCUT2D eigenvalue weighted by atomic mass is 10.1. The molecule has 1 heterocycles. The Balaban J connectivity index is 1.75. The fourth-order valence-electron chi connectivity index (χ4n) is 2.31. The third-order valence-corrected chi connectivity index (χ3v) is 3.56. The van der Waals surface area contributed by atoms with Crippen molar-refractivity contribution < 1.29 is 9.66 Å². The Morgan fingerprint density at radius 3 is 2.77 bits per heavy atom. The number of non-ortho nitro benzene ring substituents is 1. The van der Waals surface area contributed by atoms with Gasteiger partial charge in [0.2, 0.25) is 0 Å². The maximum Gasteiger partial charge on any atom is 0.270 e. The van der Waals surface area contributed by atoms with Crippen LogP contribution in [0, 0.1) is 21.4 Å². The van der Waals surface area contributed by atoms with Gasteiger partial charge in [-0.1, -0.05) is 12.1 Å². The normalized spacial score (nSPS) is 9.96. The Labute approximate surface area is 149 Å². The van der Waals surface area contributed by atoms with Gasteiger partial charge < -0.3 is 10.1 Å². The zero-order valence-electron chi connectivity index (χ0n) is 13.6.